The third kappa shape index (κ3) is 2.41. The van der Waals surface area contributed by atoms with Crippen molar-refractivity contribution in [2.75, 3.05) is 13.2 Å². The van der Waals surface area contributed by atoms with Crippen molar-refractivity contribution in [2.24, 2.45) is 0 Å². The maximum absolute atomic E-state index is 8.68. The van der Waals surface area contributed by atoms with Crippen LogP contribution in [0.3, 0.4) is 0 Å². The van der Waals surface area contributed by atoms with Crippen LogP contribution in [0.2, 0.25) is 0 Å². The number of benzene rings is 1. The van der Waals surface area contributed by atoms with Crippen LogP contribution in [0.5, 0.6) is 5.75 Å². The van der Waals surface area contributed by atoms with E-state index >= 15 is 0 Å². The Morgan fingerprint density at radius 3 is 3.00 bits per heavy atom. The van der Waals surface area contributed by atoms with Gasteiger partial charge in [0.2, 0.25) is 0 Å². The quantitative estimate of drug-likeness (QED) is 0.847. The molecule has 0 radical (unpaired) electrons. The monoisotopic (exact) mass is 218 g/mol. The largest absolute Gasteiger partial charge is 0.491 e. The van der Waals surface area contributed by atoms with Gasteiger partial charge in [-0.05, 0) is 19.1 Å². The Balaban J connectivity index is 2.22. The molecule has 1 aromatic heterocycles. The SMILES string of the molecule is Cc1cn(-c2cccc(OCCO)c2)cn1. The first-order valence-corrected chi connectivity index (χ1v) is 5.14. The summed E-state index contributed by atoms with van der Waals surface area (Å²) in [4.78, 5) is 4.17. The van der Waals surface area contributed by atoms with Crippen molar-refractivity contribution in [3.8, 4) is 11.4 Å². The van der Waals surface area contributed by atoms with Crippen LogP contribution in [0.15, 0.2) is 36.8 Å². The van der Waals surface area contributed by atoms with Crippen LogP contribution in [0, 0.1) is 6.92 Å². The van der Waals surface area contributed by atoms with E-state index in [-0.39, 0.29) is 6.61 Å². The molecule has 0 spiro atoms. The van der Waals surface area contributed by atoms with Gasteiger partial charge in [0.05, 0.1) is 24.3 Å². The molecule has 0 saturated heterocycles. The van der Waals surface area contributed by atoms with Gasteiger partial charge in [0, 0.05) is 12.3 Å². The molecule has 0 atom stereocenters. The fourth-order valence-electron chi connectivity index (χ4n) is 1.46. The number of hydrogen-bond acceptors (Lipinski definition) is 3. The standard InChI is InChI=1S/C12H14N2O2/c1-10-8-14(9-13-10)11-3-2-4-12(7-11)16-6-5-15/h2-4,7-9,15H,5-6H2,1H3. The van der Waals surface area contributed by atoms with Crippen molar-refractivity contribution < 1.29 is 9.84 Å². The topological polar surface area (TPSA) is 47.3 Å². The number of ether oxygens (including phenoxy) is 1. The highest BCUT2D eigenvalue weighted by atomic mass is 16.5. The maximum atomic E-state index is 8.68. The van der Waals surface area contributed by atoms with Crippen molar-refractivity contribution in [1.29, 1.82) is 0 Å². The molecule has 0 aliphatic heterocycles. The Morgan fingerprint density at radius 1 is 1.44 bits per heavy atom. The second-order valence-corrected chi connectivity index (χ2v) is 3.49. The number of imidazole rings is 1. The third-order valence-corrected chi connectivity index (χ3v) is 2.19. The van der Waals surface area contributed by atoms with Crippen molar-refractivity contribution in [3.05, 3.63) is 42.5 Å². The number of aryl methyl sites for hydroxylation is 1. The summed E-state index contributed by atoms with van der Waals surface area (Å²) in [7, 11) is 0. The van der Waals surface area contributed by atoms with Crippen LogP contribution in [-0.4, -0.2) is 27.9 Å². The molecule has 0 amide bonds. The number of nitrogens with zero attached hydrogens (tertiary/aromatic N) is 2. The average Bonchev–Trinajstić information content (AvgIpc) is 2.74. The van der Waals surface area contributed by atoms with Gasteiger partial charge in [0.15, 0.2) is 0 Å². The molecule has 0 bridgehead atoms. The van der Waals surface area contributed by atoms with Gasteiger partial charge in [-0.2, -0.15) is 0 Å². The Labute approximate surface area is 94.1 Å². The summed E-state index contributed by atoms with van der Waals surface area (Å²) in [6.45, 7) is 2.28. The molecular formula is C12H14N2O2. The summed E-state index contributed by atoms with van der Waals surface area (Å²) in [6, 6.07) is 7.67. The van der Waals surface area contributed by atoms with E-state index < -0.39 is 0 Å². The van der Waals surface area contributed by atoms with Crippen molar-refractivity contribution >= 4 is 0 Å². The fraction of sp³-hybridized carbons (Fsp3) is 0.250. The lowest BCUT2D eigenvalue weighted by atomic mass is 10.3. The maximum Gasteiger partial charge on any atom is 0.121 e. The summed E-state index contributed by atoms with van der Waals surface area (Å²) in [5, 5.41) is 8.68. The van der Waals surface area contributed by atoms with Gasteiger partial charge in [-0.1, -0.05) is 6.07 Å². The predicted octanol–water partition coefficient (Wildman–Crippen LogP) is 1.55. The predicted molar refractivity (Wildman–Crippen MR) is 60.9 cm³/mol. The molecule has 0 unspecified atom stereocenters. The molecule has 1 N–H and O–H groups in total. The molecule has 4 heteroatoms. The van der Waals surface area contributed by atoms with E-state index in [2.05, 4.69) is 4.98 Å². The highest BCUT2D eigenvalue weighted by Gasteiger charge is 1.99. The molecule has 0 saturated carbocycles. The number of hydrogen-bond donors (Lipinski definition) is 1. The van der Waals surface area contributed by atoms with E-state index in [0.717, 1.165) is 17.1 Å². The van der Waals surface area contributed by atoms with Gasteiger partial charge >= 0.3 is 0 Å². The molecule has 4 nitrogen and oxygen atoms in total. The molecule has 2 aromatic rings. The van der Waals surface area contributed by atoms with Crippen molar-refractivity contribution in [3.63, 3.8) is 0 Å². The minimum atomic E-state index is 0.0222. The van der Waals surface area contributed by atoms with Crippen LogP contribution in [0.25, 0.3) is 5.69 Å². The molecule has 0 aliphatic carbocycles. The lowest BCUT2D eigenvalue weighted by Crippen LogP contribution is -2.02. The number of aliphatic hydroxyl groups is 1. The molecule has 0 fully saturated rings. The number of aliphatic hydroxyl groups excluding tert-OH is 1. The van der Waals surface area contributed by atoms with E-state index in [4.69, 9.17) is 9.84 Å². The first-order valence-electron chi connectivity index (χ1n) is 5.14. The van der Waals surface area contributed by atoms with Gasteiger partial charge in [-0.25, -0.2) is 4.98 Å². The minimum absolute atomic E-state index is 0.0222. The number of rotatable bonds is 4. The summed E-state index contributed by atoms with van der Waals surface area (Å²) in [6.07, 6.45) is 3.71. The highest BCUT2D eigenvalue weighted by Crippen LogP contribution is 2.16. The van der Waals surface area contributed by atoms with Gasteiger partial charge in [-0.15, -0.1) is 0 Å². The minimum Gasteiger partial charge on any atom is -0.491 e. The van der Waals surface area contributed by atoms with Crippen LogP contribution >= 0.6 is 0 Å². The van der Waals surface area contributed by atoms with Crippen LogP contribution in [0.4, 0.5) is 0 Å². The zero-order valence-corrected chi connectivity index (χ0v) is 9.13. The first-order chi connectivity index (χ1) is 7.79. The summed E-state index contributed by atoms with van der Waals surface area (Å²) in [5.74, 6) is 0.748. The van der Waals surface area contributed by atoms with E-state index in [1.807, 2.05) is 42.0 Å². The lowest BCUT2D eigenvalue weighted by molar-refractivity contribution is 0.201. The smallest absolute Gasteiger partial charge is 0.121 e. The Bertz CT molecular complexity index is 466. The first kappa shape index (κ1) is 10.7. The van der Waals surface area contributed by atoms with Gasteiger partial charge in [-0.3, -0.25) is 0 Å². The zero-order valence-electron chi connectivity index (χ0n) is 9.13. The van der Waals surface area contributed by atoms with Crippen molar-refractivity contribution in [2.45, 2.75) is 6.92 Å². The Kier molecular flexibility index (Phi) is 3.22. The van der Waals surface area contributed by atoms with E-state index in [0.29, 0.717) is 6.61 Å². The highest BCUT2D eigenvalue weighted by molar-refractivity contribution is 5.39. The van der Waals surface area contributed by atoms with Gasteiger partial charge in [0.1, 0.15) is 12.4 Å². The van der Waals surface area contributed by atoms with Crippen LogP contribution in [0.1, 0.15) is 5.69 Å². The molecule has 1 heterocycles. The lowest BCUT2D eigenvalue weighted by Gasteiger charge is -2.06. The number of aromatic nitrogens is 2. The van der Waals surface area contributed by atoms with E-state index in [1.165, 1.54) is 0 Å². The molecule has 16 heavy (non-hydrogen) atoms. The van der Waals surface area contributed by atoms with Crippen LogP contribution < -0.4 is 4.74 Å². The Hall–Kier alpha value is -1.81. The zero-order chi connectivity index (χ0) is 11.4. The van der Waals surface area contributed by atoms with Crippen molar-refractivity contribution in [1.82, 2.24) is 9.55 Å². The molecule has 84 valence electrons. The molecular weight excluding hydrogens is 204 g/mol. The normalized spacial score (nSPS) is 10.4. The van der Waals surface area contributed by atoms with Gasteiger partial charge in [0.25, 0.3) is 0 Å². The second kappa shape index (κ2) is 4.81. The molecule has 0 aliphatic rings. The summed E-state index contributed by atoms with van der Waals surface area (Å²) < 4.78 is 7.27. The second-order valence-electron chi connectivity index (χ2n) is 3.49. The summed E-state index contributed by atoms with van der Waals surface area (Å²) >= 11 is 0. The molecule has 1 aromatic carbocycles. The fourth-order valence-corrected chi connectivity index (χ4v) is 1.46. The van der Waals surface area contributed by atoms with Crippen LogP contribution in [-0.2, 0) is 0 Å². The summed E-state index contributed by atoms with van der Waals surface area (Å²) in [5.41, 5.74) is 1.97. The molecule has 2 rings (SSSR count). The van der Waals surface area contributed by atoms with E-state index in [9.17, 15) is 0 Å². The third-order valence-electron chi connectivity index (χ3n) is 2.19. The van der Waals surface area contributed by atoms with E-state index in [1.54, 1.807) is 6.33 Å². The Morgan fingerprint density at radius 2 is 2.31 bits per heavy atom. The van der Waals surface area contributed by atoms with Gasteiger partial charge < -0.3 is 14.4 Å². The average molecular weight is 218 g/mol.